The Kier molecular flexibility index (Phi) is 4.47. The third-order valence-electron chi connectivity index (χ3n) is 3.94. The van der Waals surface area contributed by atoms with E-state index in [0.717, 1.165) is 16.8 Å². The number of aromatic nitrogens is 2. The molecule has 2 aromatic heterocycles. The average Bonchev–Trinajstić information content (AvgIpc) is 3.16. The molecule has 4 aromatic rings. The van der Waals surface area contributed by atoms with Crippen molar-refractivity contribution in [1.82, 2.24) is 10.2 Å². The van der Waals surface area contributed by atoms with Crippen LogP contribution < -0.4 is 20.4 Å². The minimum Gasteiger partial charge on any atom is -0.497 e. The lowest BCUT2D eigenvalue weighted by atomic mass is 10.2. The van der Waals surface area contributed by atoms with E-state index in [-0.39, 0.29) is 0 Å². The van der Waals surface area contributed by atoms with Crippen LogP contribution in [0.1, 0.15) is 0 Å². The first-order valence-corrected chi connectivity index (χ1v) is 8.85. The van der Waals surface area contributed by atoms with E-state index < -0.39 is 5.63 Å². The van der Waals surface area contributed by atoms with Crippen LogP contribution >= 0.6 is 11.3 Å². The number of fused-ring (bicyclic) bond motifs is 1. The molecule has 0 fully saturated rings. The summed E-state index contributed by atoms with van der Waals surface area (Å²) in [7, 11) is 3.15. The van der Waals surface area contributed by atoms with Gasteiger partial charge in [-0.05, 0) is 36.4 Å². The molecule has 0 unspecified atom stereocenters. The topological polar surface area (TPSA) is 86.5 Å². The van der Waals surface area contributed by atoms with Crippen molar-refractivity contribution < 1.29 is 13.9 Å². The van der Waals surface area contributed by atoms with Crippen molar-refractivity contribution >= 4 is 33.1 Å². The highest BCUT2D eigenvalue weighted by Gasteiger charge is 2.15. The van der Waals surface area contributed by atoms with Gasteiger partial charge in [0.05, 0.1) is 19.8 Å². The second-order valence-electron chi connectivity index (χ2n) is 5.59. The second-order valence-corrected chi connectivity index (χ2v) is 6.57. The lowest BCUT2D eigenvalue weighted by Crippen LogP contribution is -2.03. The highest BCUT2D eigenvalue weighted by atomic mass is 32.1. The average molecular weight is 381 g/mol. The molecule has 0 aliphatic heterocycles. The number of anilines is 2. The minimum absolute atomic E-state index is 0.357. The van der Waals surface area contributed by atoms with E-state index >= 15 is 0 Å². The van der Waals surface area contributed by atoms with Gasteiger partial charge in [0, 0.05) is 11.1 Å². The molecule has 0 aliphatic rings. The zero-order chi connectivity index (χ0) is 18.8. The predicted molar refractivity (Wildman–Crippen MR) is 104 cm³/mol. The molecule has 27 heavy (non-hydrogen) atoms. The summed E-state index contributed by atoms with van der Waals surface area (Å²) in [6.07, 6.45) is 0. The standard InChI is InChI=1S/C19H15N3O4S/c1-24-13-8-6-12(7-9-13)20-19-22-21-17(27-19)14-10-11-4-3-5-15(25-2)16(11)26-18(14)23/h3-10H,1-2H3,(H,20,22). The summed E-state index contributed by atoms with van der Waals surface area (Å²) >= 11 is 1.27. The minimum atomic E-state index is -0.487. The highest BCUT2D eigenvalue weighted by molar-refractivity contribution is 7.18. The lowest BCUT2D eigenvalue weighted by Gasteiger charge is -2.04. The van der Waals surface area contributed by atoms with Crippen molar-refractivity contribution in [2.45, 2.75) is 0 Å². The Labute approximate surface area is 158 Å². The maximum Gasteiger partial charge on any atom is 0.346 e. The number of para-hydroxylation sites is 1. The van der Waals surface area contributed by atoms with Gasteiger partial charge >= 0.3 is 5.63 Å². The van der Waals surface area contributed by atoms with Crippen LogP contribution in [-0.4, -0.2) is 24.4 Å². The number of nitrogens with zero attached hydrogens (tertiary/aromatic N) is 2. The van der Waals surface area contributed by atoms with Crippen molar-refractivity contribution in [3.05, 3.63) is 59.0 Å². The molecule has 0 amide bonds. The van der Waals surface area contributed by atoms with Gasteiger partial charge in [0.1, 0.15) is 5.75 Å². The maximum absolute atomic E-state index is 12.4. The number of ether oxygens (including phenoxy) is 2. The third-order valence-corrected chi connectivity index (χ3v) is 4.81. The molecule has 0 radical (unpaired) electrons. The number of nitrogens with one attached hydrogen (secondary N) is 1. The summed E-state index contributed by atoms with van der Waals surface area (Å²) in [5.41, 5.74) is 1.12. The van der Waals surface area contributed by atoms with Gasteiger partial charge in [0.2, 0.25) is 5.13 Å². The van der Waals surface area contributed by atoms with E-state index in [0.29, 0.717) is 27.0 Å². The Morgan fingerprint density at radius 1 is 1.04 bits per heavy atom. The first kappa shape index (κ1) is 17.0. The van der Waals surface area contributed by atoms with E-state index in [1.54, 1.807) is 19.2 Å². The van der Waals surface area contributed by atoms with Gasteiger partial charge in [0.25, 0.3) is 0 Å². The largest absolute Gasteiger partial charge is 0.497 e. The molecule has 8 heteroatoms. The number of methoxy groups -OCH3 is 2. The quantitative estimate of drug-likeness (QED) is 0.521. The molecule has 0 aliphatic carbocycles. The summed E-state index contributed by atoms with van der Waals surface area (Å²) < 4.78 is 15.8. The summed E-state index contributed by atoms with van der Waals surface area (Å²) in [6.45, 7) is 0. The zero-order valence-electron chi connectivity index (χ0n) is 14.6. The van der Waals surface area contributed by atoms with Crippen LogP contribution in [0.4, 0.5) is 10.8 Å². The third kappa shape index (κ3) is 3.34. The number of hydrogen-bond acceptors (Lipinski definition) is 8. The lowest BCUT2D eigenvalue weighted by molar-refractivity contribution is 0.407. The summed E-state index contributed by atoms with van der Waals surface area (Å²) in [5, 5.41) is 13.2. The van der Waals surface area contributed by atoms with Crippen LogP contribution in [0.3, 0.4) is 0 Å². The number of benzene rings is 2. The fourth-order valence-corrected chi connectivity index (χ4v) is 3.38. The van der Waals surface area contributed by atoms with Crippen molar-refractivity contribution in [2.24, 2.45) is 0 Å². The first-order chi connectivity index (χ1) is 13.2. The highest BCUT2D eigenvalue weighted by Crippen LogP contribution is 2.31. The van der Waals surface area contributed by atoms with Gasteiger partial charge in [-0.1, -0.05) is 23.5 Å². The molecule has 1 N–H and O–H groups in total. The fraction of sp³-hybridized carbons (Fsp3) is 0.105. The van der Waals surface area contributed by atoms with E-state index in [4.69, 9.17) is 13.9 Å². The van der Waals surface area contributed by atoms with Gasteiger partial charge in [-0.15, -0.1) is 10.2 Å². The molecule has 136 valence electrons. The van der Waals surface area contributed by atoms with Crippen LogP contribution in [0.25, 0.3) is 21.5 Å². The van der Waals surface area contributed by atoms with Gasteiger partial charge in [-0.25, -0.2) is 4.79 Å². The molecular formula is C19H15N3O4S. The Bertz CT molecular complexity index is 1150. The van der Waals surface area contributed by atoms with Crippen molar-refractivity contribution in [2.75, 3.05) is 19.5 Å². The van der Waals surface area contributed by atoms with Crippen LogP contribution in [0.5, 0.6) is 11.5 Å². The Hall–Kier alpha value is -3.39. The molecule has 0 bridgehead atoms. The number of rotatable bonds is 5. The van der Waals surface area contributed by atoms with E-state index in [1.165, 1.54) is 18.4 Å². The van der Waals surface area contributed by atoms with Crippen LogP contribution in [0.2, 0.25) is 0 Å². The smallest absolute Gasteiger partial charge is 0.346 e. The van der Waals surface area contributed by atoms with Gasteiger partial charge in [0.15, 0.2) is 16.3 Å². The molecule has 2 heterocycles. The summed E-state index contributed by atoms with van der Waals surface area (Å²) in [6, 6.07) is 14.6. The Balaban J connectivity index is 1.66. The molecule has 7 nitrogen and oxygen atoms in total. The Morgan fingerprint density at radius 2 is 1.85 bits per heavy atom. The van der Waals surface area contributed by atoms with Crippen molar-refractivity contribution in [1.29, 1.82) is 0 Å². The van der Waals surface area contributed by atoms with Crippen molar-refractivity contribution in [3.8, 4) is 22.1 Å². The van der Waals surface area contributed by atoms with Gasteiger partial charge in [-0.3, -0.25) is 0 Å². The fourth-order valence-electron chi connectivity index (χ4n) is 2.61. The normalized spacial score (nSPS) is 10.7. The van der Waals surface area contributed by atoms with E-state index in [2.05, 4.69) is 15.5 Å². The molecule has 2 aromatic carbocycles. The van der Waals surface area contributed by atoms with E-state index in [1.807, 2.05) is 36.4 Å². The first-order valence-electron chi connectivity index (χ1n) is 8.04. The predicted octanol–water partition coefficient (Wildman–Crippen LogP) is 4.07. The monoisotopic (exact) mass is 381 g/mol. The van der Waals surface area contributed by atoms with Crippen LogP contribution in [-0.2, 0) is 0 Å². The van der Waals surface area contributed by atoms with Crippen LogP contribution in [0, 0.1) is 0 Å². The number of hydrogen-bond donors (Lipinski definition) is 1. The molecule has 0 saturated carbocycles. The van der Waals surface area contributed by atoms with Gasteiger partial charge in [-0.2, -0.15) is 0 Å². The zero-order valence-corrected chi connectivity index (χ0v) is 15.4. The van der Waals surface area contributed by atoms with E-state index in [9.17, 15) is 4.79 Å². The maximum atomic E-state index is 12.4. The molecular weight excluding hydrogens is 366 g/mol. The molecule has 0 spiro atoms. The van der Waals surface area contributed by atoms with Crippen LogP contribution in [0.15, 0.2) is 57.7 Å². The molecule has 0 atom stereocenters. The SMILES string of the molecule is COc1ccc(Nc2nnc(-c3cc4cccc(OC)c4oc3=O)s2)cc1. The molecule has 0 saturated heterocycles. The second kappa shape index (κ2) is 7.08. The summed E-state index contributed by atoms with van der Waals surface area (Å²) in [5.74, 6) is 1.28. The Morgan fingerprint density at radius 3 is 2.59 bits per heavy atom. The molecule has 4 rings (SSSR count). The van der Waals surface area contributed by atoms with Gasteiger partial charge < -0.3 is 19.2 Å². The van der Waals surface area contributed by atoms with Crippen molar-refractivity contribution in [3.63, 3.8) is 0 Å². The summed E-state index contributed by atoms with van der Waals surface area (Å²) in [4.78, 5) is 12.4.